The summed E-state index contributed by atoms with van der Waals surface area (Å²) in [5.41, 5.74) is 9.52. The van der Waals surface area contributed by atoms with Crippen molar-refractivity contribution in [1.82, 2.24) is 5.32 Å². The number of ketones is 1. The lowest BCUT2D eigenvalue weighted by molar-refractivity contribution is -0.119. The Morgan fingerprint density at radius 2 is 1.85 bits per heavy atom. The number of benzene rings is 1. The second-order valence-corrected chi connectivity index (χ2v) is 12.7. The van der Waals surface area contributed by atoms with Gasteiger partial charge in [-0.15, -0.1) is 0 Å². The van der Waals surface area contributed by atoms with E-state index in [-0.39, 0.29) is 11.6 Å². The molecule has 7 nitrogen and oxygen atoms in total. The van der Waals surface area contributed by atoms with Crippen LogP contribution in [0.15, 0.2) is 30.3 Å². The van der Waals surface area contributed by atoms with Crippen molar-refractivity contribution in [2.45, 2.75) is 64.6 Å². The molecule has 0 radical (unpaired) electrons. The lowest BCUT2D eigenvalue weighted by Gasteiger charge is -2.39. The topological polar surface area (TPSA) is 101 Å². The van der Waals surface area contributed by atoms with Gasteiger partial charge in [-0.3, -0.25) is 4.79 Å². The van der Waals surface area contributed by atoms with Crippen molar-refractivity contribution in [3.8, 4) is 0 Å². The molecule has 0 spiro atoms. The van der Waals surface area contributed by atoms with Crippen LogP contribution in [0.3, 0.4) is 0 Å². The Labute approximate surface area is 161 Å². The lowest BCUT2D eigenvalue weighted by Crippen LogP contribution is -2.54. The van der Waals surface area contributed by atoms with Crippen LogP contribution in [-0.4, -0.2) is 43.3 Å². The third kappa shape index (κ3) is 7.09. The quantitative estimate of drug-likeness (QED) is 0.317. The molecule has 0 saturated carbocycles. The number of carbonyl (C=O) groups is 2. The Balaban J connectivity index is 2.83. The van der Waals surface area contributed by atoms with Gasteiger partial charge in [-0.05, 0) is 30.6 Å². The molecule has 8 heteroatoms. The van der Waals surface area contributed by atoms with Gasteiger partial charge in [0.05, 0.1) is 6.10 Å². The molecule has 148 valence electrons. The lowest BCUT2D eigenvalue weighted by atomic mass is 10.1. The smallest absolute Gasteiger partial charge is 0.408 e. The highest BCUT2D eigenvalue weighted by molar-refractivity contribution is 6.74. The SMILES string of the molecule is C[C@@H](O[Si](C)(C)C(C)(C)C)[C@H](NC(=O)OCc1ccccc1)C(=O)C=[N+]=[N-]. The van der Waals surface area contributed by atoms with Crippen molar-refractivity contribution < 1.29 is 23.5 Å². The molecule has 0 unspecified atom stereocenters. The highest BCUT2D eigenvalue weighted by Crippen LogP contribution is 2.37. The molecular formula is C19H29N3O4Si. The molecule has 0 aliphatic carbocycles. The number of nitrogens with one attached hydrogen (secondary N) is 1. The van der Waals surface area contributed by atoms with Crippen LogP contribution in [0.1, 0.15) is 33.3 Å². The number of hydrogen-bond acceptors (Lipinski definition) is 4. The number of Topliss-reactive ketones (excluding diaryl/α,β-unsaturated/α-hetero) is 1. The van der Waals surface area contributed by atoms with Crippen molar-refractivity contribution in [2.24, 2.45) is 0 Å². The van der Waals surface area contributed by atoms with Crippen molar-refractivity contribution in [2.75, 3.05) is 0 Å². The second kappa shape index (κ2) is 9.59. The van der Waals surface area contributed by atoms with Crippen molar-refractivity contribution in [1.29, 1.82) is 0 Å². The number of carbonyl (C=O) groups excluding carboxylic acids is 2. The average Bonchev–Trinajstić information content (AvgIpc) is 2.57. The predicted molar refractivity (Wildman–Crippen MR) is 106 cm³/mol. The molecule has 2 atom stereocenters. The van der Waals surface area contributed by atoms with Gasteiger partial charge in [0, 0.05) is 0 Å². The van der Waals surface area contributed by atoms with Crippen LogP contribution < -0.4 is 5.32 Å². The summed E-state index contributed by atoms with van der Waals surface area (Å²) in [5.74, 6) is -0.569. The van der Waals surface area contributed by atoms with E-state index in [0.29, 0.717) is 0 Å². The molecule has 27 heavy (non-hydrogen) atoms. The first-order valence-electron chi connectivity index (χ1n) is 8.84. The number of nitrogens with zero attached hydrogens (tertiary/aromatic N) is 2. The third-order valence-electron chi connectivity index (χ3n) is 4.73. The van der Waals surface area contributed by atoms with Gasteiger partial charge in [-0.2, -0.15) is 4.79 Å². The number of amides is 1. The molecule has 0 bridgehead atoms. The summed E-state index contributed by atoms with van der Waals surface area (Å²) in [6.07, 6.45) is -0.594. The summed E-state index contributed by atoms with van der Waals surface area (Å²) in [5, 5.41) is 2.47. The number of hydrogen-bond donors (Lipinski definition) is 1. The molecule has 0 fully saturated rings. The minimum atomic E-state index is -2.17. The largest absolute Gasteiger partial charge is 0.445 e. The standard InChI is InChI=1S/C19H29N3O4Si/c1-14(26-27(5,6)19(2,3)4)17(16(23)12-21-20)22-18(24)25-13-15-10-8-7-9-11-15/h7-12,14,17H,13H2,1-6H3,(H,22,24)/t14-,17+/m1/s1. The zero-order valence-electron chi connectivity index (χ0n) is 16.9. The minimum Gasteiger partial charge on any atom is -0.445 e. The Hall–Kier alpha value is -2.28. The van der Waals surface area contributed by atoms with E-state index in [1.807, 2.05) is 30.3 Å². The summed E-state index contributed by atoms with van der Waals surface area (Å²) >= 11 is 0. The monoisotopic (exact) mass is 391 g/mol. The minimum absolute atomic E-state index is 0.0618. The van der Waals surface area contributed by atoms with E-state index >= 15 is 0 Å². The van der Waals surface area contributed by atoms with E-state index in [4.69, 9.17) is 14.7 Å². The number of ether oxygens (including phenoxy) is 1. The van der Waals surface area contributed by atoms with Gasteiger partial charge < -0.3 is 20.0 Å². The van der Waals surface area contributed by atoms with Crippen molar-refractivity contribution in [3.63, 3.8) is 0 Å². The summed E-state index contributed by atoms with van der Waals surface area (Å²) in [7, 11) is -2.17. The first-order chi connectivity index (χ1) is 12.5. The van der Waals surface area contributed by atoms with Crippen LogP contribution >= 0.6 is 0 Å². The number of rotatable bonds is 8. The molecule has 0 heterocycles. The third-order valence-corrected chi connectivity index (χ3v) is 9.31. The van der Waals surface area contributed by atoms with Gasteiger partial charge >= 0.3 is 12.3 Å². The van der Waals surface area contributed by atoms with Gasteiger partial charge in [0.15, 0.2) is 8.32 Å². The molecule has 1 rings (SSSR count). The van der Waals surface area contributed by atoms with Crippen molar-refractivity contribution in [3.05, 3.63) is 41.4 Å². The fraction of sp³-hybridized carbons (Fsp3) is 0.526. The number of alkyl carbamates (subject to hydrolysis) is 1. The molecule has 0 saturated heterocycles. The fourth-order valence-electron chi connectivity index (χ4n) is 2.16. The van der Waals surface area contributed by atoms with E-state index in [1.54, 1.807) is 6.92 Å². The Morgan fingerprint density at radius 1 is 1.26 bits per heavy atom. The first kappa shape index (κ1) is 22.8. The van der Waals surface area contributed by atoms with Gasteiger partial charge in [0.2, 0.25) is 0 Å². The molecule has 1 aromatic carbocycles. The van der Waals surface area contributed by atoms with Crippen LogP contribution in [0.5, 0.6) is 0 Å². The molecule has 1 aromatic rings. The molecule has 1 amide bonds. The van der Waals surface area contributed by atoms with Gasteiger partial charge in [0.1, 0.15) is 12.6 Å². The normalized spacial score (nSPS) is 13.9. The average molecular weight is 392 g/mol. The molecular weight excluding hydrogens is 362 g/mol. The predicted octanol–water partition coefficient (Wildman–Crippen LogP) is 3.56. The molecule has 0 aliphatic heterocycles. The van der Waals surface area contributed by atoms with Gasteiger partial charge in [0.25, 0.3) is 5.78 Å². The maximum Gasteiger partial charge on any atom is 0.408 e. The van der Waals surface area contributed by atoms with E-state index < -0.39 is 32.3 Å². The zero-order chi connectivity index (χ0) is 20.7. The second-order valence-electron chi connectivity index (χ2n) is 7.91. The fourth-order valence-corrected chi connectivity index (χ4v) is 3.58. The van der Waals surface area contributed by atoms with E-state index in [2.05, 4.69) is 44.0 Å². The van der Waals surface area contributed by atoms with E-state index in [9.17, 15) is 9.59 Å². The first-order valence-corrected chi connectivity index (χ1v) is 11.7. The van der Waals surface area contributed by atoms with Crippen LogP contribution in [0.2, 0.25) is 18.1 Å². The summed E-state index contributed by atoms with van der Waals surface area (Å²) < 4.78 is 11.4. The van der Waals surface area contributed by atoms with Crippen LogP contribution in [0.25, 0.3) is 5.53 Å². The Kier molecular flexibility index (Phi) is 8.09. The summed E-state index contributed by atoms with van der Waals surface area (Å²) in [4.78, 5) is 27.2. The summed E-state index contributed by atoms with van der Waals surface area (Å²) in [6, 6.07) is 8.20. The maximum absolute atomic E-state index is 12.3. The van der Waals surface area contributed by atoms with Crippen molar-refractivity contribution >= 4 is 26.4 Å². The van der Waals surface area contributed by atoms with Crippen LogP contribution in [-0.2, 0) is 20.6 Å². The summed E-state index contributed by atoms with van der Waals surface area (Å²) in [6.45, 7) is 12.2. The zero-order valence-corrected chi connectivity index (χ0v) is 17.9. The van der Waals surface area contributed by atoms with Crippen LogP contribution in [0, 0.1) is 0 Å². The highest BCUT2D eigenvalue weighted by Gasteiger charge is 2.41. The Bertz CT molecular complexity index is 695. The molecule has 0 aliphatic rings. The molecule has 1 N–H and O–H groups in total. The van der Waals surface area contributed by atoms with E-state index in [0.717, 1.165) is 11.8 Å². The van der Waals surface area contributed by atoms with Gasteiger partial charge in [-0.1, -0.05) is 51.1 Å². The Morgan fingerprint density at radius 3 is 2.37 bits per heavy atom. The maximum atomic E-state index is 12.3. The van der Waals surface area contributed by atoms with E-state index in [1.165, 1.54) is 0 Å². The highest BCUT2D eigenvalue weighted by atomic mass is 28.4. The van der Waals surface area contributed by atoms with Gasteiger partial charge in [-0.25, -0.2) is 4.79 Å². The molecule has 0 aromatic heterocycles. The van der Waals surface area contributed by atoms with Crippen LogP contribution in [0.4, 0.5) is 4.79 Å².